The van der Waals surface area contributed by atoms with Gasteiger partial charge in [-0.2, -0.15) is 5.10 Å². The van der Waals surface area contributed by atoms with Crippen molar-refractivity contribution in [3.05, 3.63) is 76.6 Å². The van der Waals surface area contributed by atoms with E-state index >= 15 is 0 Å². The molecule has 8 nitrogen and oxygen atoms in total. The second-order valence-electron chi connectivity index (χ2n) is 8.35. The summed E-state index contributed by atoms with van der Waals surface area (Å²) in [5.74, 6) is 0.314. The van der Waals surface area contributed by atoms with Gasteiger partial charge in [0, 0.05) is 29.4 Å². The Kier molecular flexibility index (Phi) is 8.29. The van der Waals surface area contributed by atoms with Crippen LogP contribution in [0.25, 0.3) is 0 Å². The average Bonchev–Trinajstić information content (AvgIpc) is 3.08. The van der Waals surface area contributed by atoms with Gasteiger partial charge in [-0.15, -0.1) is 0 Å². The van der Waals surface area contributed by atoms with Crippen molar-refractivity contribution in [3.63, 3.8) is 0 Å². The summed E-state index contributed by atoms with van der Waals surface area (Å²) < 4.78 is 12.9. The summed E-state index contributed by atoms with van der Waals surface area (Å²) >= 11 is 0. The minimum Gasteiger partial charge on any atom is -0.493 e. The second kappa shape index (κ2) is 11.4. The Labute approximate surface area is 200 Å². The Balaban J connectivity index is 1.64. The molecule has 0 fully saturated rings. The maximum Gasteiger partial charge on any atom is 0.258 e. The molecule has 2 aromatic carbocycles. The van der Waals surface area contributed by atoms with Crippen LogP contribution in [0.3, 0.4) is 0 Å². The monoisotopic (exact) mass is 464 g/mol. The van der Waals surface area contributed by atoms with Gasteiger partial charge in [0.15, 0.2) is 18.1 Å². The molecule has 2 amide bonds. The van der Waals surface area contributed by atoms with E-state index in [1.165, 1.54) is 12.7 Å². The Morgan fingerprint density at radius 2 is 1.79 bits per heavy atom. The molecule has 34 heavy (non-hydrogen) atoms. The van der Waals surface area contributed by atoms with E-state index in [1.54, 1.807) is 18.2 Å². The molecule has 8 heteroatoms. The molecule has 0 saturated heterocycles. The molecule has 2 N–H and O–H groups in total. The van der Waals surface area contributed by atoms with Crippen LogP contribution in [0, 0.1) is 13.8 Å². The largest absolute Gasteiger partial charge is 0.493 e. The van der Waals surface area contributed by atoms with Gasteiger partial charge in [0.1, 0.15) is 0 Å². The lowest BCUT2D eigenvalue weighted by atomic mass is 10.1. The Hall–Kier alpha value is -3.81. The van der Waals surface area contributed by atoms with E-state index < -0.39 is 0 Å². The SMILES string of the molecule is COc1cc(C(=O)NCc2c(C)nn(Cc3ccccc3)c2C)ccc1OCC(=O)NC(C)C. The van der Waals surface area contributed by atoms with Crippen LogP contribution in [0.5, 0.6) is 11.5 Å². The van der Waals surface area contributed by atoms with Gasteiger partial charge in [0.25, 0.3) is 11.8 Å². The molecule has 1 heterocycles. The maximum absolute atomic E-state index is 12.8. The summed E-state index contributed by atoms with van der Waals surface area (Å²) in [6.07, 6.45) is 0. The Morgan fingerprint density at radius 3 is 2.47 bits per heavy atom. The number of amides is 2. The van der Waals surface area contributed by atoms with Crippen LogP contribution in [0.4, 0.5) is 0 Å². The van der Waals surface area contributed by atoms with Crippen LogP contribution in [-0.4, -0.2) is 41.4 Å². The van der Waals surface area contributed by atoms with Crippen molar-refractivity contribution < 1.29 is 19.1 Å². The summed E-state index contributed by atoms with van der Waals surface area (Å²) in [6.45, 7) is 8.62. The summed E-state index contributed by atoms with van der Waals surface area (Å²) in [5.41, 5.74) is 4.49. The van der Waals surface area contributed by atoms with E-state index in [0.717, 1.165) is 17.0 Å². The molecule has 0 atom stereocenters. The normalized spacial score (nSPS) is 10.8. The number of aromatic nitrogens is 2. The average molecular weight is 465 g/mol. The molecule has 0 aliphatic heterocycles. The zero-order valence-electron chi connectivity index (χ0n) is 20.3. The van der Waals surface area contributed by atoms with E-state index in [4.69, 9.17) is 9.47 Å². The number of benzene rings is 2. The van der Waals surface area contributed by atoms with Crippen LogP contribution in [0.15, 0.2) is 48.5 Å². The van der Waals surface area contributed by atoms with E-state index in [2.05, 4.69) is 27.9 Å². The molecule has 0 aliphatic rings. The molecule has 0 spiro atoms. The van der Waals surface area contributed by atoms with Gasteiger partial charge in [-0.05, 0) is 51.5 Å². The zero-order chi connectivity index (χ0) is 24.7. The lowest BCUT2D eigenvalue weighted by Gasteiger charge is -2.13. The third kappa shape index (κ3) is 6.37. The van der Waals surface area contributed by atoms with Crippen LogP contribution >= 0.6 is 0 Å². The van der Waals surface area contributed by atoms with Crippen molar-refractivity contribution >= 4 is 11.8 Å². The summed E-state index contributed by atoms with van der Waals surface area (Å²) in [6, 6.07) is 15.0. The third-order valence-electron chi connectivity index (χ3n) is 5.37. The number of hydrogen-bond acceptors (Lipinski definition) is 5. The van der Waals surface area contributed by atoms with Crippen molar-refractivity contribution in [3.8, 4) is 11.5 Å². The minimum atomic E-state index is -0.239. The van der Waals surface area contributed by atoms with Crippen molar-refractivity contribution in [2.24, 2.45) is 0 Å². The predicted molar refractivity (Wildman–Crippen MR) is 130 cm³/mol. The number of nitrogens with zero attached hydrogens (tertiary/aromatic N) is 2. The van der Waals surface area contributed by atoms with Gasteiger partial charge < -0.3 is 20.1 Å². The highest BCUT2D eigenvalue weighted by Crippen LogP contribution is 2.28. The van der Waals surface area contributed by atoms with Crippen LogP contribution in [0.2, 0.25) is 0 Å². The summed E-state index contributed by atoms with van der Waals surface area (Å²) in [5, 5.41) is 10.4. The topological polar surface area (TPSA) is 94.5 Å². The molecular weight excluding hydrogens is 432 g/mol. The second-order valence-corrected chi connectivity index (χ2v) is 8.35. The van der Waals surface area contributed by atoms with Crippen LogP contribution in [-0.2, 0) is 17.9 Å². The molecule has 3 rings (SSSR count). The molecule has 0 aliphatic carbocycles. The van der Waals surface area contributed by atoms with Crippen LogP contribution < -0.4 is 20.1 Å². The number of nitrogens with one attached hydrogen (secondary N) is 2. The van der Waals surface area contributed by atoms with E-state index in [1.807, 2.05) is 50.6 Å². The summed E-state index contributed by atoms with van der Waals surface area (Å²) in [7, 11) is 1.49. The third-order valence-corrected chi connectivity index (χ3v) is 5.37. The number of rotatable bonds is 10. The van der Waals surface area contributed by atoms with Gasteiger partial charge in [-0.1, -0.05) is 30.3 Å². The molecular formula is C26H32N4O4. The predicted octanol–water partition coefficient (Wildman–Crippen LogP) is 3.39. The highest BCUT2D eigenvalue weighted by Gasteiger charge is 2.16. The Morgan fingerprint density at radius 1 is 1.06 bits per heavy atom. The first kappa shape index (κ1) is 24.8. The molecule has 0 unspecified atom stereocenters. The lowest BCUT2D eigenvalue weighted by Crippen LogP contribution is -2.34. The number of carbonyl (C=O) groups is 2. The highest BCUT2D eigenvalue weighted by molar-refractivity contribution is 5.94. The lowest BCUT2D eigenvalue weighted by molar-refractivity contribution is -0.123. The molecule has 3 aromatic rings. The Bertz CT molecular complexity index is 1140. The standard InChI is InChI=1S/C26H32N4O4/c1-17(2)28-25(31)16-34-23-12-11-21(13-24(23)33-5)26(32)27-14-22-18(3)29-30(19(22)4)15-20-9-7-6-8-10-20/h6-13,17H,14-16H2,1-5H3,(H,27,32)(H,28,31). The van der Waals surface area contributed by atoms with Crippen molar-refractivity contribution in [2.75, 3.05) is 13.7 Å². The number of ether oxygens (including phenoxy) is 2. The highest BCUT2D eigenvalue weighted by atomic mass is 16.5. The molecule has 1 aromatic heterocycles. The number of hydrogen-bond donors (Lipinski definition) is 2. The van der Waals surface area contributed by atoms with Crippen molar-refractivity contribution in [1.29, 1.82) is 0 Å². The minimum absolute atomic E-state index is 0.0294. The molecule has 180 valence electrons. The summed E-state index contributed by atoms with van der Waals surface area (Å²) in [4.78, 5) is 24.6. The van der Waals surface area contributed by atoms with Gasteiger partial charge in [0.2, 0.25) is 0 Å². The molecule has 0 saturated carbocycles. The molecule has 0 bridgehead atoms. The van der Waals surface area contributed by atoms with E-state index in [-0.39, 0.29) is 24.5 Å². The van der Waals surface area contributed by atoms with Gasteiger partial charge in [0.05, 0.1) is 19.3 Å². The first-order chi connectivity index (χ1) is 16.3. The fraction of sp³-hybridized carbons (Fsp3) is 0.346. The fourth-order valence-electron chi connectivity index (χ4n) is 3.61. The van der Waals surface area contributed by atoms with Gasteiger partial charge in [-0.25, -0.2) is 0 Å². The molecule has 0 radical (unpaired) electrons. The zero-order valence-corrected chi connectivity index (χ0v) is 20.3. The number of carbonyl (C=O) groups excluding carboxylic acids is 2. The smallest absolute Gasteiger partial charge is 0.258 e. The first-order valence-electron chi connectivity index (χ1n) is 11.2. The maximum atomic E-state index is 12.8. The van der Waals surface area contributed by atoms with E-state index in [0.29, 0.717) is 30.2 Å². The fourth-order valence-corrected chi connectivity index (χ4v) is 3.61. The van der Waals surface area contributed by atoms with Crippen molar-refractivity contribution in [2.45, 2.75) is 46.8 Å². The van der Waals surface area contributed by atoms with Crippen molar-refractivity contribution in [1.82, 2.24) is 20.4 Å². The van der Waals surface area contributed by atoms with Gasteiger partial charge in [-0.3, -0.25) is 14.3 Å². The number of aryl methyl sites for hydroxylation is 1. The number of methoxy groups -OCH3 is 1. The first-order valence-corrected chi connectivity index (χ1v) is 11.2. The van der Waals surface area contributed by atoms with E-state index in [9.17, 15) is 9.59 Å². The van der Waals surface area contributed by atoms with Gasteiger partial charge >= 0.3 is 0 Å². The quantitative estimate of drug-likeness (QED) is 0.480. The van der Waals surface area contributed by atoms with Crippen LogP contribution in [0.1, 0.15) is 46.7 Å².